The van der Waals surface area contributed by atoms with Gasteiger partial charge in [0.05, 0.1) is 16.7 Å². The van der Waals surface area contributed by atoms with E-state index in [1.165, 1.54) is 6.07 Å². The Balaban J connectivity index is 1.58. The first-order chi connectivity index (χ1) is 14.6. The molecule has 1 saturated carbocycles. The van der Waals surface area contributed by atoms with Crippen molar-refractivity contribution >= 4 is 28.5 Å². The number of hydrogen-bond donors (Lipinski definition) is 2. The minimum absolute atomic E-state index is 0.0360. The lowest BCUT2D eigenvalue weighted by molar-refractivity contribution is -0.150. The third-order valence-electron chi connectivity index (χ3n) is 6.71. The molecule has 2 aliphatic rings. The standard InChI is InChI=1S/C22H25F3N2O4/c1-21(20(29)30)7-4-13(5-8-21)6-10-27-11-9-26-19(28)18-17(27)15-12-14(22(23,24)25)2-3-16(15)31-18/h2-3,12-13H,4-11H2,1H3,(H,26,28)(H,29,30). The molecule has 168 valence electrons. The fourth-order valence-corrected chi connectivity index (χ4v) is 4.60. The van der Waals surface area contributed by atoms with Gasteiger partial charge in [-0.2, -0.15) is 13.2 Å². The second kappa shape index (κ2) is 7.76. The third kappa shape index (κ3) is 4.09. The normalized spacial score (nSPS) is 24.6. The Morgan fingerprint density at radius 1 is 1.32 bits per heavy atom. The van der Waals surface area contributed by atoms with Crippen LogP contribution >= 0.6 is 0 Å². The zero-order valence-corrected chi connectivity index (χ0v) is 17.2. The van der Waals surface area contributed by atoms with Gasteiger partial charge in [-0.15, -0.1) is 0 Å². The molecular weight excluding hydrogens is 413 g/mol. The molecule has 1 aliphatic carbocycles. The number of nitrogens with zero attached hydrogens (tertiary/aromatic N) is 1. The summed E-state index contributed by atoms with van der Waals surface area (Å²) in [5.74, 6) is -0.823. The summed E-state index contributed by atoms with van der Waals surface area (Å²) < 4.78 is 45.4. The van der Waals surface area contributed by atoms with Crippen molar-refractivity contribution in [1.29, 1.82) is 0 Å². The zero-order chi connectivity index (χ0) is 22.4. The number of fused-ring (bicyclic) bond motifs is 3. The lowest BCUT2D eigenvalue weighted by atomic mass is 9.71. The molecule has 31 heavy (non-hydrogen) atoms. The van der Waals surface area contributed by atoms with E-state index in [1.54, 1.807) is 6.92 Å². The average Bonchev–Trinajstić information content (AvgIpc) is 3.02. The van der Waals surface area contributed by atoms with Crippen LogP contribution in [0.3, 0.4) is 0 Å². The average molecular weight is 438 g/mol. The van der Waals surface area contributed by atoms with Crippen LogP contribution in [0, 0.1) is 11.3 Å². The summed E-state index contributed by atoms with van der Waals surface area (Å²) in [7, 11) is 0. The number of hydrogen-bond acceptors (Lipinski definition) is 4. The van der Waals surface area contributed by atoms with Crippen LogP contribution in [0.25, 0.3) is 11.0 Å². The molecule has 2 heterocycles. The Kier molecular flexibility index (Phi) is 5.39. The van der Waals surface area contributed by atoms with E-state index >= 15 is 0 Å². The lowest BCUT2D eigenvalue weighted by Gasteiger charge is -2.35. The van der Waals surface area contributed by atoms with E-state index in [0.29, 0.717) is 44.1 Å². The number of nitrogens with one attached hydrogen (secondary N) is 1. The third-order valence-corrected chi connectivity index (χ3v) is 6.71. The minimum atomic E-state index is -4.49. The Labute approximate surface area is 177 Å². The second-order valence-corrected chi connectivity index (χ2v) is 8.83. The zero-order valence-electron chi connectivity index (χ0n) is 17.2. The molecule has 1 aromatic heterocycles. The Hall–Kier alpha value is -2.71. The van der Waals surface area contributed by atoms with Crippen LogP contribution in [-0.4, -0.2) is 36.6 Å². The van der Waals surface area contributed by atoms with E-state index in [4.69, 9.17) is 4.42 Å². The number of anilines is 1. The molecule has 1 aromatic carbocycles. The van der Waals surface area contributed by atoms with Gasteiger partial charge >= 0.3 is 12.1 Å². The van der Waals surface area contributed by atoms with Crippen molar-refractivity contribution in [3.63, 3.8) is 0 Å². The summed E-state index contributed by atoms with van der Waals surface area (Å²) in [6.45, 7) is 3.16. The molecule has 1 aliphatic heterocycles. The van der Waals surface area contributed by atoms with E-state index in [-0.39, 0.29) is 16.7 Å². The van der Waals surface area contributed by atoms with Gasteiger partial charge in [0.15, 0.2) is 0 Å². The van der Waals surface area contributed by atoms with E-state index < -0.39 is 29.0 Å². The molecule has 9 heteroatoms. The van der Waals surface area contributed by atoms with Gasteiger partial charge in [0, 0.05) is 25.0 Å². The predicted molar refractivity (Wildman–Crippen MR) is 108 cm³/mol. The minimum Gasteiger partial charge on any atom is -0.481 e. The summed E-state index contributed by atoms with van der Waals surface area (Å²) in [4.78, 5) is 25.8. The van der Waals surface area contributed by atoms with Gasteiger partial charge in [-0.05, 0) is 63.1 Å². The number of carbonyl (C=O) groups is 2. The Morgan fingerprint density at radius 2 is 2.03 bits per heavy atom. The molecule has 0 spiro atoms. The maximum Gasteiger partial charge on any atom is 0.416 e. The van der Waals surface area contributed by atoms with Crippen LogP contribution in [0.15, 0.2) is 22.6 Å². The van der Waals surface area contributed by atoms with E-state index in [0.717, 1.165) is 31.4 Å². The van der Waals surface area contributed by atoms with Gasteiger partial charge in [-0.3, -0.25) is 9.59 Å². The van der Waals surface area contributed by atoms with Gasteiger partial charge < -0.3 is 19.7 Å². The van der Waals surface area contributed by atoms with Crippen molar-refractivity contribution in [3.05, 3.63) is 29.5 Å². The SMILES string of the molecule is CC1(C(=O)O)CCC(CCN2CCNC(=O)c3oc4ccc(C(F)(F)F)cc4c32)CC1. The van der Waals surface area contributed by atoms with Crippen LogP contribution in [-0.2, 0) is 11.0 Å². The molecule has 2 N–H and O–H groups in total. The fourth-order valence-electron chi connectivity index (χ4n) is 4.60. The fraction of sp³-hybridized carbons (Fsp3) is 0.545. The molecular formula is C22H25F3N2O4. The summed E-state index contributed by atoms with van der Waals surface area (Å²) >= 11 is 0. The summed E-state index contributed by atoms with van der Waals surface area (Å²) in [6, 6.07) is 3.25. The van der Waals surface area contributed by atoms with Crippen LogP contribution in [0.4, 0.5) is 18.9 Å². The first-order valence-electron chi connectivity index (χ1n) is 10.5. The van der Waals surface area contributed by atoms with Crippen LogP contribution in [0.2, 0.25) is 0 Å². The molecule has 6 nitrogen and oxygen atoms in total. The highest BCUT2D eigenvalue weighted by molar-refractivity contribution is 6.07. The largest absolute Gasteiger partial charge is 0.481 e. The quantitative estimate of drug-likeness (QED) is 0.725. The topological polar surface area (TPSA) is 82.8 Å². The highest BCUT2D eigenvalue weighted by atomic mass is 19.4. The molecule has 2 aromatic rings. The van der Waals surface area contributed by atoms with E-state index in [2.05, 4.69) is 5.32 Å². The maximum atomic E-state index is 13.3. The number of furan rings is 1. The number of carboxylic acids is 1. The number of rotatable bonds is 4. The lowest BCUT2D eigenvalue weighted by Crippen LogP contribution is -2.35. The molecule has 4 rings (SSSR count). The van der Waals surface area contributed by atoms with Crippen molar-refractivity contribution in [2.45, 2.75) is 45.2 Å². The number of amides is 1. The number of benzene rings is 1. The molecule has 1 amide bonds. The van der Waals surface area contributed by atoms with Crippen LogP contribution < -0.4 is 10.2 Å². The van der Waals surface area contributed by atoms with Crippen molar-refractivity contribution in [2.75, 3.05) is 24.5 Å². The molecule has 1 fully saturated rings. The number of halogens is 3. The predicted octanol–water partition coefficient (Wildman–Crippen LogP) is 4.67. The second-order valence-electron chi connectivity index (χ2n) is 8.83. The highest BCUT2D eigenvalue weighted by Gasteiger charge is 2.38. The van der Waals surface area contributed by atoms with Crippen LogP contribution in [0.5, 0.6) is 0 Å². The Bertz CT molecular complexity index is 1010. The number of aliphatic carboxylic acids is 1. The van der Waals surface area contributed by atoms with Crippen molar-refractivity contribution in [1.82, 2.24) is 5.32 Å². The van der Waals surface area contributed by atoms with Gasteiger partial charge in [-0.25, -0.2) is 0 Å². The van der Waals surface area contributed by atoms with Gasteiger partial charge in [-0.1, -0.05) is 0 Å². The van der Waals surface area contributed by atoms with E-state index in [1.807, 2.05) is 4.90 Å². The molecule has 0 radical (unpaired) electrons. The van der Waals surface area contributed by atoms with Crippen molar-refractivity contribution < 1.29 is 32.3 Å². The van der Waals surface area contributed by atoms with Crippen molar-refractivity contribution in [3.8, 4) is 0 Å². The summed E-state index contributed by atoms with van der Waals surface area (Å²) in [6.07, 6.45) is -0.899. The number of alkyl halides is 3. The number of carbonyl (C=O) groups excluding carboxylic acids is 1. The van der Waals surface area contributed by atoms with E-state index in [9.17, 15) is 27.9 Å². The monoisotopic (exact) mass is 438 g/mol. The molecule has 0 atom stereocenters. The number of carboxylic acid groups (broad SMARTS) is 1. The highest BCUT2D eigenvalue weighted by Crippen LogP contribution is 2.42. The van der Waals surface area contributed by atoms with Gasteiger partial charge in [0.2, 0.25) is 5.76 Å². The van der Waals surface area contributed by atoms with Crippen molar-refractivity contribution in [2.24, 2.45) is 11.3 Å². The first-order valence-corrected chi connectivity index (χ1v) is 10.5. The van der Waals surface area contributed by atoms with Gasteiger partial charge in [0.1, 0.15) is 5.58 Å². The first kappa shape index (κ1) is 21.5. The van der Waals surface area contributed by atoms with Gasteiger partial charge in [0.25, 0.3) is 5.91 Å². The Morgan fingerprint density at radius 3 is 2.68 bits per heavy atom. The molecule has 0 unspecified atom stereocenters. The summed E-state index contributed by atoms with van der Waals surface area (Å²) in [5, 5.41) is 12.4. The molecule has 0 bridgehead atoms. The summed E-state index contributed by atoms with van der Waals surface area (Å²) in [5.41, 5.74) is -0.817. The maximum absolute atomic E-state index is 13.3. The smallest absolute Gasteiger partial charge is 0.416 e. The molecule has 0 saturated heterocycles. The van der Waals surface area contributed by atoms with Crippen LogP contribution in [0.1, 0.15) is 55.1 Å².